The Kier molecular flexibility index (Phi) is 4.32. The first-order valence-electron chi connectivity index (χ1n) is 15.2. The fourth-order valence-electron chi connectivity index (χ4n) is 8.17. The topological polar surface area (TPSA) is 8.17 Å². The molecule has 2 aromatic heterocycles. The van der Waals surface area contributed by atoms with Gasteiger partial charge in [0.15, 0.2) is 0 Å². The monoisotopic (exact) mass is 574 g/mol. The number of thiophene rings is 1. The minimum Gasteiger partial charge on any atom is -0.375 e. The predicted molar refractivity (Wildman–Crippen MR) is 190 cm³/mol. The van der Waals surface area contributed by atoms with Crippen LogP contribution in [0.4, 0.5) is 17.1 Å². The SMILES string of the molecule is c1ccc2cc(N3c4cc5ccccc5cc4B4c5c3cc3ccsc3c5-c3cccc5c6ccccc6n4c35)ccc2c1. The van der Waals surface area contributed by atoms with E-state index in [2.05, 4.69) is 148 Å². The van der Waals surface area contributed by atoms with E-state index in [0.717, 1.165) is 0 Å². The molecule has 11 rings (SSSR count). The first-order valence-corrected chi connectivity index (χ1v) is 16.1. The van der Waals surface area contributed by atoms with E-state index in [1.807, 2.05) is 11.3 Å². The van der Waals surface area contributed by atoms with Crippen LogP contribution in [0.15, 0.2) is 139 Å². The lowest BCUT2D eigenvalue weighted by atomic mass is 9.45. The van der Waals surface area contributed by atoms with E-state index in [-0.39, 0.29) is 6.85 Å². The smallest absolute Gasteiger partial charge is 0.333 e. The summed E-state index contributed by atoms with van der Waals surface area (Å²) in [7, 11) is 0. The molecule has 0 saturated carbocycles. The van der Waals surface area contributed by atoms with E-state index in [9.17, 15) is 0 Å². The van der Waals surface area contributed by atoms with Gasteiger partial charge in [-0.25, -0.2) is 0 Å². The van der Waals surface area contributed by atoms with Gasteiger partial charge in [0.1, 0.15) is 0 Å². The zero-order valence-corrected chi connectivity index (χ0v) is 24.5. The standard InChI is InChI=1S/C40H23BN2S/c1-2-9-25-20-29(17-16-24(25)8-1)42-35-22-27-11-4-3-10-26(27)21-33(35)41-38-36(42)23-28-18-19-44-40(28)37(38)32-14-7-13-31-30-12-5-6-15-34(30)43(41)39(31)32/h1-23H. The van der Waals surface area contributed by atoms with Crippen LogP contribution < -0.4 is 15.8 Å². The molecule has 0 amide bonds. The fraction of sp³-hybridized carbons (Fsp3) is 0. The van der Waals surface area contributed by atoms with Crippen LogP contribution >= 0.6 is 11.3 Å². The third-order valence-corrected chi connectivity index (χ3v) is 10.9. The molecule has 0 unspecified atom stereocenters. The van der Waals surface area contributed by atoms with E-state index >= 15 is 0 Å². The van der Waals surface area contributed by atoms with Gasteiger partial charge in [0, 0.05) is 54.7 Å². The fourth-order valence-corrected chi connectivity index (χ4v) is 9.12. The number of aromatic nitrogens is 1. The predicted octanol–water partition coefficient (Wildman–Crippen LogP) is 9.73. The van der Waals surface area contributed by atoms with E-state index in [1.165, 1.54) is 92.6 Å². The van der Waals surface area contributed by atoms with Gasteiger partial charge in [0.25, 0.3) is 0 Å². The molecule has 0 N–H and O–H groups in total. The Bertz CT molecular complexity index is 2700. The molecule has 7 aromatic carbocycles. The number of hydrogen-bond acceptors (Lipinski definition) is 2. The number of benzene rings is 7. The summed E-state index contributed by atoms with van der Waals surface area (Å²) in [4.78, 5) is 2.54. The summed E-state index contributed by atoms with van der Waals surface area (Å²) in [6, 6.07) is 49.9. The van der Waals surface area contributed by atoms with E-state index in [4.69, 9.17) is 0 Å². The molecule has 0 bridgehead atoms. The number of nitrogens with zero attached hydrogens (tertiary/aromatic N) is 2. The maximum absolute atomic E-state index is 2.65. The van der Waals surface area contributed by atoms with Gasteiger partial charge in [-0.1, -0.05) is 97.1 Å². The quantitative estimate of drug-likeness (QED) is 0.177. The van der Waals surface area contributed by atoms with Crippen molar-refractivity contribution in [1.29, 1.82) is 0 Å². The van der Waals surface area contributed by atoms with Crippen LogP contribution in [0.2, 0.25) is 0 Å². The van der Waals surface area contributed by atoms with Gasteiger partial charge in [0.05, 0.1) is 0 Å². The molecular weight excluding hydrogens is 551 g/mol. The van der Waals surface area contributed by atoms with Crippen LogP contribution in [0.1, 0.15) is 0 Å². The van der Waals surface area contributed by atoms with Crippen LogP contribution in [0, 0.1) is 0 Å². The molecule has 0 spiro atoms. The molecule has 2 aliphatic heterocycles. The molecule has 2 nitrogen and oxygen atoms in total. The average Bonchev–Trinajstić information content (AvgIpc) is 3.68. The van der Waals surface area contributed by atoms with Gasteiger partial charge in [-0.15, -0.1) is 11.3 Å². The van der Waals surface area contributed by atoms with Gasteiger partial charge in [0.2, 0.25) is 0 Å². The molecule has 0 saturated heterocycles. The highest BCUT2D eigenvalue weighted by molar-refractivity contribution is 7.18. The second-order valence-electron chi connectivity index (χ2n) is 12.1. The van der Waals surface area contributed by atoms with Crippen LogP contribution in [0.3, 0.4) is 0 Å². The summed E-state index contributed by atoms with van der Waals surface area (Å²) in [6.45, 7) is 0.0557. The summed E-state index contributed by atoms with van der Waals surface area (Å²) in [5, 5.41) is 11.3. The van der Waals surface area contributed by atoms with Crippen LogP contribution in [-0.4, -0.2) is 11.3 Å². The van der Waals surface area contributed by atoms with Gasteiger partial charge in [-0.2, -0.15) is 0 Å². The van der Waals surface area contributed by atoms with Crippen LogP contribution in [0.25, 0.3) is 64.6 Å². The zero-order chi connectivity index (χ0) is 28.5. The first-order chi connectivity index (χ1) is 21.8. The Morgan fingerprint density at radius 1 is 0.545 bits per heavy atom. The summed E-state index contributed by atoms with van der Waals surface area (Å²) >= 11 is 1.87. The second kappa shape index (κ2) is 8.19. The van der Waals surface area contributed by atoms with Crippen LogP contribution in [0.5, 0.6) is 0 Å². The molecular formula is C40H23BN2S. The van der Waals surface area contributed by atoms with Crippen molar-refractivity contribution < 1.29 is 0 Å². The van der Waals surface area contributed by atoms with Crippen molar-refractivity contribution in [2.24, 2.45) is 0 Å². The number of anilines is 3. The first kappa shape index (κ1) is 23.2. The normalized spacial score (nSPS) is 13.4. The highest BCUT2D eigenvalue weighted by Gasteiger charge is 2.43. The van der Waals surface area contributed by atoms with Crippen molar-refractivity contribution in [3.63, 3.8) is 0 Å². The highest BCUT2D eigenvalue weighted by Crippen LogP contribution is 2.49. The van der Waals surface area contributed by atoms with Crippen molar-refractivity contribution in [2.75, 3.05) is 4.90 Å². The average molecular weight is 575 g/mol. The maximum Gasteiger partial charge on any atom is 0.333 e. The highest BCUT2D eigenvalue weighted by atomic mass is 32.1. The molecule has 202 valence electrons. The zero-order valence-electron chi connectivity index (χ0n) is 23.7. The summed E-state index contributed by atoms with van der Waals surface area (Å²) in [6.07, 6.45) is 0. The van der Waals surface area contributed by atoms with Crippen molar-refractivity contribution in [3.8, 4) is 11.1 Å². The van der Waals surface area contributed by atoms with E-state index in [0.29, 0.717) is 0 Å². The Balaban J connectivity index is 1.36. The van der Waals surface area contributed by atoms with E-state index in [1.54, 1.807) is 0 Å². The van der Waals surface area contributed by atoms with Crippen molar-refractivity contribution in [1.82, 2.24) is 4.48 Å². The Hall–Kier alpha value is -5.32. The Morgan fingerprint density at radius 2 is 1.27 bits per heavy atom. The Labute approximate surface area is 258 Å². The van der Waals surface area contributed by atoms with Crippen molar-refractivity contribution in [2.45, 2.75) is 0 Å². The van der Waals surface area contributed by atoms with E-state index < -0.39 is 0 Å². The minimum absolute atomic E-state index is 0.0557. The van der Waals surface area contributed by atoms with Gasteiger partial charge >= 0.3 is 6.85 Å². The third kappa shape index (κ3) is 2.82. The van der Waals surface area contributed by atoms with Crippen molar-refractivity contribution in [3.05, 3.63) is 139 Å². The number of fused-ring (bicyclic) bond motifs is 11. The Morgan fingerprint density at radius 3 is 2.16 bits per heavy atom. The molecule has 0 fully saturated rings. The van der Waals surface area contributed by atoms with Gasteiger partial charge in [-0.3, -0.25) is 0 Å². The number of rotatable bonds is 1. The molecule has 0 radical (unpaired) electrons. The van der Waals surface area contributed by atoms with Crippen LogP contribution in [-0.2, 0) is 0 Å². The maximum atomic E-state index is 2.65. The molecule has 44 heavy (non-hydrogen) atoms. The summed E-state index contributed by atoms with van der Waals surface area (Å²) in [5.74, 6) is 0. The third-order valence-electron chi connectivity index (χ3n) is 9.95. The molecule has 9 aromatic rings. The lowest BCUT2D eigenvalue weighted by molar-refractivity contribution is 1.27. The molecule has 4 heterocycles. The molecule has 2 aliphatic rings. The molecule has 4 heteroatoms. The van der Waals surface area contributed by atoms with Gasteiger partial charge in [-0.05, 0) is 79.6 Å². The van der Waals surface area contributed by atoms with Gasteiger partial charge < -0.3 is 9.38 Å². The van der Waals surface area contributed by atoms with Crippen molar-refractivity contribution >= 4 is 99.6 Å². The summed E-state index contributed by atoms with van der Waals surface area (Å²) in [5.41, 5.74) is 11.8. The second-order valence-corrected chi connectivity index (χ2v) is 13.1. The molecule has 0 aliphatic carbocycles. The number of hydrogen-bond donors (Lipinski definition) is 0. The minimum atomic E-state index is 0.0557. The molecule has 0 atom stereocenters. The largest absolute Gasteiger partial charge is 0.375 e. The number of para-hydroxylation sites is 2. The lowest BCUT2D eigenvalue weighted by Crippen LogP contribution is -2.56. The summed E-state index contributed by atoms with van der Waals surface area (Å²) < 4.78 is 4.02. The lowest BCUT2D eigenvalue weighted by Gasteiger charge is -2.41.